The Bertz CT molecular complexity index is 710. The molecule has 3 heterocycles. The van der Waals surface area contributed by atoms with Gasteiger partial charge in [0, 0.05) is 36.2 Å². The van der Waals surface area contributed by atoms with Crippen LogP contribution in [0.4, 0.5) is 5.95 Å². The van der Waals surface area contributed by atoms with E-state index in [0.29, 0.717) is 6.61 Å². The quantitative estimate of drug-likeness (QED) is 0.906. The zero-order chi connectivity index (χ0) is 16.2. The second-order valence-corrected chi connectivity index (χ2v) is 5.83. The van der Waals surface area contributed by atoms with Crippen LogP contribution in [-0.4, -0.2) is 45.7 Å². The van der Waals surface area contributed by atoms with E-state index in [4.69, 9.17) is 4.74 Å². The van der Waals surface area contributed by atoms with Gasteiger partial charge < -0.3 is 14.6 Å². The summed E-state index contributed by atoms with van der Waals surface area (Å²) >= 11 is 0. The van der Waals surface area contributed by atoms with Gasteiger partial charge >= 0.3 is 0 Å². The van der Waals surface area contributed by atoms with E-state index in [2.05, 4.69) is 24.8 Å². The fourth-order valence-corrected chi connectivity index (χ4v) is 2.78. The van der Waals surface area contributed by atoms with Crippen LogP contribution < -0.4 is 10.5 Å². The molecule has 3 rings (SSSR count). The number of ether oxygens (including phenoxy) is 1. The van der Waals surface area contributed by atoms with E-state index < -0.39 is 0 Å². The molecule has 0 amide bonds. The van der Waals surface area contributed by atoms with Gasteiger partial charge in [0.15, 0.2) is 0 Å². The van der Waals surface area contributed by atoms with E-state index >= 15 is 0 Å². The highest BCUT2D eigenvalue weighted by Crippen LogP contribution is 2.17. The summed E-state index contributed by atoms with van der Waals surface area (Å²) in [4.78, 5) is 29.2. The molecule has 23 heavy (non-hydrogen) atoms. The first kappa shape index (κ1) is 15.6. The number of aromatic nitrogens is 4. The van der Waals surface area contributed by atoms with Crippen molar-refractivity contribution in [1.82, 2.24) is 19.9 Å². The normalized spacial score (nSPS) is 18.2. The summed E-state index contributed by atoms with van der Waals surface area (Å²) in [6, 6.07) is 3.51. The van der Waals surface area contributed by atoms with Crippen molar-refractivity contribution in [2.45, 2.75) is 32.8 Å². The Morgan fingerprint density at radius 1 is 1.30 bits per heavy atom. The smallest absolute Gasteiger partial charge is 0.250 e. The number of anilines is 1. The van der Waals surface area contributed by atoms with E-state index in [9.17, 15) is 4.79 Å². The molecule has 0 aromatic carbocycles. The molecule has 2 aromatic heterocycles. The molecule has 0 saturated carbocycles. The number of hydrogen-bond acceptors (Lipinski definition) is 6. The molecular weight excluding hydrogens is 294 g/mol. The summed E-state index contributed by atoms with van der Waals surface area (Å²) in [7, 11) is 0. The molecule has 122 valence electrons. The zero-order valence-corrected chi connectivity index (χ0v) is 13.5. The molecule has 0 aliphatic carbocycles. The number of hydrogen-bond donors (Lipinski definition) is 1. The molecule has 1 aliphatic heterocycles. The summed E-state index contributed by atoms with van der Waals surface area (Å²) in [6.07, 6.45) is 3.07. The number of nitrogens with zero attached hydrogens (tertiary/aromatic N) is 4. The molecule has 0 bridgehead atoms. The number of nitrogens with one attached hydrogen (secondary N) is 1. The molecule has 0 radical (unpaired) electrons. The van der Waals surface area contributed by atoms with E-state index in [1.54, 1.807) is 0 Å². The van der Waals surface area contributed by atoms with Gasteiger partial charge in [-0.2, -0.15) is 0 Å². The van der Waals surface area contributed by atoms with Crippen LogP contribution in [0.25, 0.3) is 0 Å². The van der Waals surface area contributed by atoms with Crippen molar-refractivity contribution in [2.75, 3.05) is 24.6 Å². The van der Waals surface area contributed by atoms with Crippen LogP contribution in [-0.2, 0) is 11.2 Å². The van der Waals surface area contributed by atoms with Gasteiger partial charge in [0.1, 0.15) is 0 Å². The Labute approximate surface area is 134 Å². The number of aryl methyl sites for hydroxylation is 3. The van der Waals surface area contributed by atoms with Crippen molar-refractivity contribution in [2.24, 2.45) is 0 Å². The SMILES string of the molecule is Cc1cc(C)nc(N2CCO[C@@H](CCc3cc(=O)[nH]cn3)C2)n1. The number of rotatable bonds is 4. The highest BCUT2D eigenvalue weighted by molar-refractivity contribution is 5.33. The molecule has 7 nitrogen and oxygen atoms in total. The second-order valence-electron chi connectivity index (χ2n) is 5.83. The number of morpholine rings is 1. The minimum atomic E-state index is -0.121. The fourth-order valence-electron chi connectivity index (χ4n) is 2.78. The Kier molecular flexibility index (Phi) is 4.66. The first-order valence-electron chi connectivity index (χ1n) is 7.82. The van der Waals surface area contributed by atoms with E-state index in [-0.39, 0.29) is 11.7 Å². The summed E-state index contributed by atoms with van der Waals surface area (Å²) in [5, 5.41) is 0. The molecule has 2 aromatic rings. The number of aromatic amines is 1. The van der Waals surface area contributed by atoms with Gasteiger partial charge in [0.2, 0.25) is 5.95 Å². The van der Waals surface area contributed by atoms with Crippen molar-refractivity contribution in [3.8, 4) is 0 Å². The maximum atomic E-state index is 11.3. The molecule has 0 spiro atoms. The van der Waals surface area contributed by atoms with Crippen LogP contribution >= 0.6 is 0 Å². The zero-order valence-electron chi connectivity index (χ0n) is 13.5. The topological polar surface area (TPSA) is 84.0 Å². The first-order valence-corrected chi connectivity index (χ1v) is 7.82. The summed E-state index contributed by atoms with van der Waals surface area (Å²) in [6.45, 7) is 6.17. The maximum Gasteiger partial charge on any atom is 0.250 e. The van der Waals surface area contributed by atoms with Crippen molar-refractivity contribution >= 4 is 5.95 Å². The van der Waals surface area contributed by atoms with E-state index in [1.165, 1.54) is 12.4 Å². The van der Waals surface area contributed by atoms with Crippen LogP contribution in [0.5, 0.6) is 0 Å². The Morgan fingerprint density at radius 3 is 2.83 bits per heavy atom. The number of H-pyrrole nitrogens is 1. The second kappa shape index (κ2) is 6.87. The van der Waals surface area contributed by atoms with E-state index in [0.717, 1.165) is 49.0 Å². The molecule has 7 heteroatoms. The molecule has 1 fully saturated rings. The largest absolute Gasteiger partial charge is 0.375 e. The van der Waals surface area contributed by atoms with Gasteiger partial charge in [0.25, 0.3) is 5.56 Å². The molecule has 1 atom stereocenters. The maximum absolute atomic E-state index is 11.3. The average molecular weight is 315 g/mol. The van der Waals surface area contributed by atoms with Gasteiger partial charge in [-0.05, 0) is 32.8 Å². The van der Waals surface area contributed by atoms with Crippen LogP contribution in [0.2, 0.25) is 0 Å². The van der Waals surface area contributed by atoms with Crippen LogP contribution in [0.1, 0.15) is 23.5 Å². The van der Waals surface area contributed by atoms with Crippen LogP contribution in [0.15, 0.2) is 23.3 Å². The molecule has 0 unspecified atom stereocenters. The Morgan fingerprint density at radius 2 is 2.09 bits per heavy atom. The minimum absolute atomic E-state index is 0.0919. The predicted molar refractivity (Wildman–Crippen MR) is 86.6 cm³/mol. The van der Waals surface area contributed by atoms with Crippen molar-refractivity contribution in [3.63, 3.8) is 0 Å². The third-order valence-electron chi connectivity index (χ3n) is 3.85. The molecule has 1 saturated heterocycles. The molecule has 1 aliphatic rings. The monoisotopic (exact) mass is 315 g/mol. The van der Waals surface area contributed by atoms with Gasteiger partial charge in [0.05, 0.1) is 19.0 Å². The van der Waals surface area contributed by atoms with Gasteiger partial charge in [-0.3, -0.25) is 4.79 Å². The lowest BCUT2D eigenvalue weighted by atomic mass is 10.1. The highest BCUT2D eigenvalue weighted by atomic mass is 16.5. The summed E-state index contributed by atoms with van der Waals surface area (Å²) in [5.74, 6) is 0.769. The minimum Gasteiger partial charge on any atom is -0.375 e. The Hall–Kier alpha value is -2.28. The van der Waals surface area contributed by atoms with Crippen LogP contribution in [0, 0.1) is 13.8 Å². The average Bonchev–Trinajstić information content (AvgIpc) is 2.52. The summed E-state index contributed by atoms with van der Waals surface area (Å²) in [5.41, 5.74) is 2.62. The molecule has 1 N–H and O–H groups in total. The van der Waals surface area contributed by atoms with Crippen LogP contribution in [0.3, 0.4) is 0 Å². The Balaban J connectivity index is 1.63. The van der Waals surface area contributed by atoms with Gasteiger partial charge in [-0.25, -0.2) is 15.0 Å². The van der Waals surface area contributed by atoms with Crippen molar-refractivity contribution < 1.29 is 4.74 Å². The van der Waals surface area contributed by atoms with Gasteiger partial charge in [-0.1, -0.05) is 0 Å². The summed E-state index contributed by atoms with van der Waals surface area (Å²) < 4.78 is 5.83. The highest BCUT2D eigenvalue weighted by Gasteiger charge is 2.22. The predicted octanol–water partition coefficient (Wildman–Crippen LogP) is 1.01. The molecular formula is C16H21N5O2. The lowest BCUT2D eigenvalue weighted by Gasteiger charge is -2.33. The standard InChI is InChI=1S/C16H21N5O2/c1-11-7-12(2)20-16(19-11)21-5-6-23-14(9-21)4-3-13-8-15(22)18-10-17-13/h7-8,10,14H,3-6,9H2,1-2H3,(H,17,18,22)/t14-/m0/s1. The van der Waals surface area contributed by atoms with Gasteiger partial charge in [-0.15, -0.1) is 0 Å². The van der Waals surface area contributed by atoms with E-state index in [1.807, 2.05) is 19.9 Å². The third kappa shape index (κ3) is 4.13. The first-order chi connectivity index (χ1) is 11.1. The lowest BCUT2D eigenvalue weighted by molar-refractivity contribution is 0.0347. The lowest BCUT2D eigenvalue weighted by Crippen LogP contribution is -2.43. The van der Waals surface area contributed by atoms with Crippen molar-refractivity contribution in [1.29, 1.82) is 0 Å². The fraction of sp³-hybridized carbons (Fsp3) is 0.500. The van der Waals surface area contributed by atoms with Crippen molar-refractivity contribution in [3.05, 3.63) is 45.9 Å². The third-order valence-corrected chi connectivity index (χ3v) is 3.85.